The van der Waals surface area contributed by atoms with Crippen molar-refractivity contribution < 1.29 is 9.53 Å². The lowest BCUT2D eigenvalue weighted by Gasteiger charge is -2.32. The van der Waals surface area contributed by atoms with E-state index in [-0.39, 0.29) is 12.0 Å². The van der Waals surface area contributed by atoms with E-state index in [2.05, 4.69) is 17.1 Å². The van der Waals surface area contributed by atoms with Crippen LogP contribution in [0.5, 0.6) is 0 Å². The third-order valence-corrected chi connectivity index (χ3v) is 3.44. The molecule has 106 valence electrons. The monoisotopic (exact) mass is 265 g/mol. The molecular formula is C14H23N3O2. The summed E-state index contributed by atoms with van der Waals surface area (Å²) in [5.74, 6) is 0.0167. The van der Waals surface area contributed by atoms with Gasteiger partial charge in [0.05, 0.1) is 6.10 Å². The van der Waals surface area contributed by atoms with Crippen LogP contribution in [-0.2, 0) is 11.2 Å². The van der Waals surface area contributed by atoms with Crippen LogP contribution >= 0.6 is 0 Å². The normalized spacial score (nSPS) is 19.7. The molecule has 19 heavy (non-hydrogen) atoms. The fourth-order valence-corrected chi connectivity index (χ4v) is 2.52. The minimum atomic E-state index is 0.0167. The second-order valence-electron chi connectivity index (χ2n) is 5.00. The smallest absolute Gasteiger partial charge is 0.274 e. The molecular weight excluding hydrogens is 242 g/mol. The SMILES string of the molecule is CCCc1cc(C(=O)N2CCC[C@H](OCC)C2)n[nH]1. The highest BCUT2D eigenvalue weighted by Crippen LogP contribution is 2.16. The zero-order valence-electron chi connectivity index (χ0n) is 11.8. The number of amides is 1. The van der Waals surface area contributed by atoms with Crippen molar-refractivity contribution in [3.63, 3.8) is 0 Å². The standard InChI is InChI=1S/C14H23N3O2/c1-3-6-11-9-13(16-15-11)14(18)17-8-5-7-12(10-17)19-4-2/h9,12H,3-8,10H2,1-2H3,(H,15,16)/t12-/m0/s1. The van der Waals surface area contributed by atoms with Gasteiger partial charge in [0, 0.05) is 25.4 Å². The van der Waals surface area contributed by atoms with Crippen molar-refractivity contribution in [3.8, 4) is 0 Å². The number of nitrogens with one attached hydrogen (secondary N) is 1. The van der Waals surface area contributed by atoms with Gasteiger partial charge in [-0.2, -0.15) is 5.10 Å². The van der Waals surface area contributed by atoms with Crippen molar-refractivity contribution in [2.24, 2.45) is 0 Å². The number of aryl methyl sites for hydroxylation is 1. The number of likely N-dealkylation sites (tertiary alicyclic amines) is 1. The summed E-state index contributed by atoms with van der Waals surface area (Å²) in [6, 6.07) is 1.87. The van der Waals surface area contributed by atoms with Gasteiger partial charge in [-0.3, -0.25) is 9.89 Å². The lowest BCUT2D eigenvalue weighted by molar-refractivity contribution is 0.00703. The molecule has 2 rings (SSSR count). The Hall–Kier alpha value is -1.36. The highest BCUT2D eigenvalue weighted by Gasteiger charge is 2.25. The number of aromatic nitrogens is 2. The van der Waals surface area contributed by atoms with Gasteiger partial charge in [0.25, 0.3) is 5.91 Å². The molecule has 5 nitrogen and oxygen atoms in total. The third kappa shape index (κ3) is 3.56. The van der Waals surface area contributed by atoms with Gasteiger partial charge in [-0.25, -0.2) is 0 Å². The quantitative estimate of drug-likeness (QED) is 0.886. The summed E-state index contributed by atoms with van der Waals surface area (Å²) in [7, 11) is 0. The Bertz CT molecular complexity index is 415. The molecule has 1 aromatic rings. The zero-order valence-corrected chi connectivity index (χ0v) is 11.8. The molecule has 1 fully saturated rings. The molecule has 0 saturated carbocycles. The fraction of sp³-hybridized carbons (Fsp3) is 0.714. The minimum Gasteiger partial charge on any atom is -0.377 e. The van der Waals surface area contributed by atoms with Crippen LogP contribution in [0.2, 0.25) is 0 Å². The van der Waals surface area contributed by atoms with Crippen LogP contribution in [0.25, 0.3) is 0 Å². The lowest BCUT2D eigenvalue weighted by Crippen LogP contribution is -2.43. The predicted octanol–water partition coefficient (Wildman–Crippen LogP) is 2.00. The predicted molar refractivity (Wildman–Crippen MR) is 73.1 cm³/mol. The van der Waals surface area contributed by atoms with E-state index in [1.54, 1.807) is 0 Å². The van der Waals surface area contributed by atoms with Crippen LogP contribution in [0.1, 0.15) is 49.3 Å². The Kier molecular flexibility index (Phi) is 4.96. The number of hydrogen-bond donors (Lipinski definition) is 1. The number of nitrogens with zero attached hydrogens (tertiary/aromatic N) is 2. The number of carbonyl (C=O) groups is 1. The van der Waals surface area contributed by atoms with Crippen LogP contribution in [0.15, 0.2) is 6.07 Å². The molecule has 1 N–H and O–H groups in total. The number of ether oxygens (including phenoxy) is 1. The fourth-order valence-electron chi connectivity index (χ4n) is 2.52. The largest absolute Gasteiger partial charge is 0.377 e. The number of piperidine rings is 1. The summed E-state index contributed by atoms with van der Waals surface area (Å²) in [6.07, 6.45) is 4.20. The molecule has 1 saturated heterocycles. The first kappa shape index (κ1) is 14.1. The van der Waals surface area contributed by atoms with Gasteiger partial charge >= 0.3 is 0 Å². The lowest BCUT2D eigenvalue weighted by atomic mass is 10.1. The maximum Gasteiger partial charge on any atom is 0.274 e. The van der Waals surface area contributed by atoms with E-state index in [1.807, 2.05) is 17.9 Å². The molecule has 0 spiro atoms. The first-order valence-electron chi connectivity index (χ1n) is 7.19. The molecule has 1 atom stereocenters. The highest BCUT2D eigenvalue weighted by atomic mass is 16.5. The van der Waals surface area contributed by atoms with Crippen molar-refractivity contribution in [3.05, 3.63) is 17.5 Å². The van der Waals surface area contributed by atoms with E-state index >= 15 is 0 Å². The van der Waals surface area contributed by atoms with E-state index in [9.17, 15) is 4.79 Å². The number of carbonyl (C=O) groups excluding carboxylic acids is 1. The second kappa shape index (κ2) is 6.70. The van der Waals surface area contributed by atoms with Crippen LogP contribution in [-0.4, -0.2) is 46.8 Å². The summed E-state index contributed by atoms with van der Waals surface area (Å²) >= 11 is 0. The summed E-state index contributed by atoms with van der Waals surface area (Å²) < 4.78 is 5.62. The Labute approximate surface area is 114 Å². The molecule has 0 aliphatic carbocycles. The summed E-state index contributed by atoms with van der Waals surface area (Å²) in [4.78, 5) is 14.2. The molecule has 1 amide bonds. The Balaban J connectivity index is 1.97. The van der Waals surface area contributed by atoms with Gasteiger partial charge in [-0.05, 0) is 32.3 Å². The van der Waals surface area contributed by atoms with Crippen molar-refractivity contribution in [2.45, 2.75) is 45.6 Å². The molecule has 2 heterocycles. The van der Waals surface area contributed by atoms with Gasteiger partial charge in [0.2, 0.25) is 0 Å². The van der Waals surface area contributed by atoms with Gasteiger partial charge in [0.1, 0.15) is 5.69 Å². The highest BCUT2D eigenvalue weighted by molar-refractivity contribution is 5.92. The van der Waals surface area contributed by atoms with Crippen molar-refractivity contribution >= 4 is 5.91 Å². The maximum atomic E-state index is 12.4. The molecule has 1 aliphatic rings. The average molecular weight is 265 g/mol. The number of H-pyrrole nitrogens is 1. The molecule has 0 unspecified atom stereocenters. The molecule has 0 radical (unpaired) electrons. The van der Waals surface area contributed by atoms with E-state index in [0.29, 0.717) is 18.8 Å². The van der Waals surface area contributed by atoms with Crippen LogP contribution in [0, 0.1) is 0 Å². The Morgan fingerprint density at radius 3 is 3.16 bits per heavy atom. The summed E-state index contributed by atoms with van der Waals surface area (Å²) in [5, 5.41) is 7.06. The summed E-state index contributed by atoms with van der Waals surface area (Å²) in [6.45, 7) is 6.29. The van der Waals surface area contributed by atoms with Gasteiger partial charge in [-0.1, -0.05) is 13.3 Å². The maximum absolute atomic E-state index is 12.4. The van der Waals surface area contributed by atoms with E-state index in [1.165, 1.54) is 0 Å². The molecule has 5 heteroatoms. The summed E-state index contributed by atoms with van der Waals surface area (Å²) in [5.41, 5.74) is 1.56. The van der Waals surface area contributed by atoms with E-state index in [4.69, 9.17) is 4.74 Å². The van der Waals surface area contributed by atoms with Crippen LogP contribution in [0.4, 0.5) is 0 Å². The first-order valence-corrected chi connectivity index (χ1v) is 7.19. The van der Waals surface area contributed by atoms with Crippen molar-refractivity contribution in [1.29, 1.82) is 0 Å². The Morgan fingerprint density at radius 2 is 2.42 bits per heavy atom. The topological polar surface area (TPSA) is 58.2 Å². The van der Waals surface area contributed by atoms with Crippen LogP contribution in [0.3, 0.4) is 0 Å². The Morgan fingerprint density at radius 1 is 1.58 bits per heavy atom. The number of hydrogen-bond acceptors (Lipinski definition) is 3. The van der Waals surface area contributed by atoms with Gasteiger partial charge < -0.3 is 9.64 Å². The zero-order chi connectivity index (χ0) is 13.7. The van der Waals surface area contributed by atoms with Crippen molar-refractivity contribution in [1.82, 2.24) is 15.1 Å². The minimum absolute atomic E-state index is 0.0167. The molecule has 1 aromatic heterocycles. The number of aromatic amines is 1. The van der Waals surface area contributed by atoms with E-state index < -0.39 is 0 Å². The second-order valence-corrected chi connectivity index (χ2v) is 5.00. The molecule has 0 aromatic carbocycles. The average Bonchev–Trinajstić information content (AvgIpc) is 2.88. The molecule has 0 bridgehead atoms. The third-order valence-electron chi connectivity index (χ3n) is 3.44. The number of rotatable bonds is 5. The first-order chi connectivity index (χ1) is 9.24. The molecule has 1 aliphatic heterocycles. The van der Waals surface area contributed by atoms with Crippen molar-refractivity contribution in [2.75, 3.05) is 19.7 Å². The van der Waals surface area contributed by atoms with Gasteiger partial charge in [-0.15, -0.1) is 0 Å². The van der Waals surface area contributed by atoms with Crippen LogP contribution < -0.4 is 0 Å². The van der Waals surface area contributed by atoms with Gasteiger partial charge in [0.15, 0.2) is 0 Å². The van der Waals surface area contributed by atoms with E-state index in [0.717, 1.165) is 37.9 Å².